The summed E-state index contributed by atoms with van der Waals surface area (Å²) in [7, 11) is 0. The van der Waals surface area contributed by atoms with Gasteiger partial charge in [-0.3, -0.25) is 4.79 Å². The zero-order valence-electron chi connectivity index (χ0n) is 12.3. The lowest BCUT2D eigenvalue weighted by molar-refractivity contribution is -0.119. The third-order valence-electron chi connectivity index (χ3n) is 5.79. The van der Waals surface area contributed by atoms with Gasteiger partial charge in [0.2, 0.25) is 0 Å². The van der Waals surface area contributed by atoms with Crippen molar-refractivity contribution in [3.8, 4) is 0 Å². The maximum Gasteiger partial charge on any atom is 0.163 e. The first-order valence-corrected chi connectivity index (χ1v) is 7.19. The van der Waals surface area contributed by atoms with Crippen LogP contribution in [-0.2, 0) is 4.79 Å². The molecule has 0 heterocycles. The Morgan fingerprint density at radius 2 is 1.79 bits per heavy atom. The minimum absolute atomic E-state index is 0.0552. The second-order valence-corrected chi connectivity index (χ2v) is 6.98. The monoisotopic (exact) mass is 254 g/mol. The largest absolute Gasteiger partial charge is 0.294 e. The van der Waals surface area contributed by atoms with E-state index in [0.29, 0.717) is 5.78 Å². The molecule has 3 rings (SSSR count). The number of hydrogen-bond acceptors (Lipinski definition) is 1. The van der Waals surface area contributed by atoms with E-state index in [1.807, 2.05) is 0 Å². The zero-order valence-corrected chi connectivity index (χ0v) is 12.3. The number of rotatable bonds is 1. The Bertz CT molecular complexity index is 562. The molecule has 1 aromatic carbocycles. The number of benzene rings is 1. The number of fused-ring (bicyclic) bond motifs is 2. The van der Waals surface area contributed by atoms with Crippen LogP contribution in [0.4, 0.5) is 0 Å². The van der Waals surface area contributed by atoms with Crippen LogP contribution in [0.5, 0.6) is 0 Å². The summed E-state index contributed by atoms with van der Waals surface area (Å²) >= 11 is 0. The first-order valence-electron chi connectivity index (χ1n) is 7.19. The van der Waals surface area contributed by atoms with Crippen LogP contribution in [0.15, 0.2) is 29.8 Å². The van der Waals surface area contributed by atoms with E-state index in [1.54, 1.807) is 0 Å². The molecule has 100 valence electrons. The molecule has 0 saturated heterocycles. The summed E-state index contributed by atoms with van der Waals surface area (Å²) in [5.74, 6) is 0.619. The number of Topliss-reactive ketones (excluding diaryl/α,β-unsaturated/α-hetero) is 1. The minimum atomic E-state index is 0.0552. The standard InChI is InChI=1S/C18H22O/c1-12-5-7-13(8-6-12)11-15-16(19)14-9-10-18(15,4)17(14,2)3/h5-8,11,14H,9-10H2,1-4H3/b15-11-/t14-,18+/m0/s1. The van der Waals surface area contributed by atoms with Gasteiger partial charge >= 0.3 is 0 Å². The topological polar surface area (TPSA) is 17.1 Å². The molecular weight excluding hydrogens is 232 g/mol. The third kappa shape index (κ3) is 1.57. The van der Waals surface area contributed by atoms with Gasteiger partial charge in [-0.1, -0.05) is 50.6 Å². The van der Waals surface area contributed by atoms with Crippen LogP contribution in [0.25, 0.3) is 6.08 Å². The molecular formula is C18H22O. The number of hydrogen-bond donors (Lipinski definition) is 0. The van der Waals surface area contributed by atoms with Gasteiger partial charge in [-0.15, -0.1) is 0 Å². The van der Waals surface area contributed by atoms with Gasteiger partial charge in [0.1, 0.15) is 0 Å². The van der Waals surface area contributed by atoms with Crippen LogP contribution in [-0.4, -0.2) is 5.78 Å². The van der Waals surface area contributed by atoms with Crippen molar-refractivity contribution in [3.63, 3.8) is 0 Å². The predicted octanol–water partition coefficient (Wildman–Crippen LogP) is 4.40. The van der Waals surface area contributed by atoms with Crippen molar-refractivity contribution < 1.29 is 4.79 Å². The van der Waals surface area contributed by atoms with Crippen LogP contribution >= 0.6 is 0 Å². The van der Waals surface area contributed by atoms with Gasteiger partial charge in [-0.2, -0.15) is 0 Å². The number of aryl methyl sites for hydroxylation is 1. The molecule has 1 heteroatoms. The average molecular weight is 254 g/mol. The first kappa shape index (κ1) is 12.7. The molecule has 0 radical (unpaired) electrons. The van der Waals surface area contributed by atoms with E-state index in [2.05, 4.69) is 58.0 Å². The smallest absolute Gasteiger partial charge is 0.163 e. The fourth-order valence-corrected chi connectivity index (χ4v) is 3.96. The number of carbonyl (C=O) groups is 1. The summed E-state index contributed by atoms with van der Waals surface area (Å²) in [4.78, 5) is 12.6. The van der Waals surface area contributed by atoms with E-state index in [4.69, 9.17) is 0 Å². The molecule has 2 bridgehead atoms. The van der Waals surface area contributed by atoms with Crippen molar-refractivity contribution in [3.05, 3.63) is 41.0 Å². The van der Waals surface area contributed by atoms with E-state index < -0.39 is 0 Å². The second-order valence-electron chi connectivity index (χ2n) is 6.98. The minimum Gasteiger partial charge on any atom is -0.294 e. The molecule has 2 atom stereocenters. The van der Waals surface area contributed by atoms with Gasteiger partial charge in [0.05, 0.1) is 0 Å². The van der Waals surface area contributed by atoms with E-state index in [9.17, 15) is 4.79 Å². The van der Waals surface area contributed by atoms with Crippen LogP contribution in [0, 0.1) is 23.7 Å². The normalized spacial score (nSPS) is 34.2. The summed E-state index contributed by atoms with van der Waals surface area (Å²) in [5.41, 5.74) is 3.63. The van der Waals surface area contributed by atoms with Gasteiger partial charge in [0, 0.05) is 16.9 Å². The molecule has 2 saturated carbocycles. The predicted molar refractivity (Wildman–Crippen MR) is 78.8 cm³/mol. The average Bonchev–Trinajstić information content (AvgIpc) is 2.66. The van der Waals surface area contributed by atoms with Crippen molar-refractivity contribution in [2.75, 3.05) is 0 Å². The lowest BCUT2D eigenvalue weighted by atomic mass is 9.69. The van der Waals surface area contributed by atoms with Crippen LogP contribution in [0.1, 0.15) is 44.7 Å². The molecule has 0 amide bonds. The fourth-order valence-electron chi connectivity index (χ4n) is 3.96. The number of carbonyl (C=O) groups excluding carboxylic acids is 1. The molecule has 2 fully saturated rings. The second kappa shape index (κ2) is 3.82. The van der Waals surface area contributed by atoms with Crippen molar-refractivity contribution in [1.29, 1.82) is 0 Å². The molecule has 19 heavy (non-hydrogen) atoms. The van der Waals surface area contributed by atoms with Crippen molar-refractivity contribution in [2.45, 2.75) is 40.5 Å². The van der Waals surface area contributed by atoms with E-state index in [-0.39, 0.29) is 16.7 Å². The van der Waals surface area contributed by atoms with E-state index in [0.717, 1.165) is 24.0 Å². The van der Waals surface area contributed by atoms with Gasteiger partial charge in [0.15, 0.2) is 5.78 Å². The van der Waals surface area contributed by atoms with E-state index in [1.165, 1.54) is 5.56 Å². The highest BCUT2D eigenvalue weighted by Crippen LogP contribution is 2.66. The highest BCUT2D eigenvalue weighted by molar-refractivity contribution is 6.06. The zero-order chi connectivity index (χ0) is 13.8. The van der Waals surface area contributed by atoms with Gasteiger partial charge in [0.25, 0.3) is 0 Å². The highest BCUT2D eigenvalue weighted by atomic mass is 16.1. The van der Waals surface area contributed by atoms with E-state index >= 15 is 0 Å². The quantitative estimate of drug-likeness (QED) is 0.679. The lowest BCUT2D eigenvalue weighted by Gasteiger charge is -2.34. The molecule has 0 N–H and O–H groups in total. The molecule has 0 aliphatic heterocycles. The van der Waals surface area contributed by atoms with Crippen LogP contribution in [0.3, 0.4) is 0 Å². The molecule has 1 aromatic rings. The molecule has 0 aromatic heterocycles. The highest BCUT2D eigenvalue weighted by Gasteiger charge is 2.63. The summed E-state index contributed by atoms with van der Waals surface area (Å²) in [5, 5.41) is 0. The van der Waals surface area contributed by atoms with Gasteiger partial charge < -0.3 is 0 Å². The summed E-state index contributed by atoms with van der Waals surface area (Å²) in [6.07, 6.45) is 4.34. The maximum absolute atomic E-state index is 12.6. The molecule has 1 nitrogen and oxygen atoms in total. The molecule has 2 aliphatic carbocycles. The summed E-state index contributed by atoms with van der Waals surface area (Å²) in [6.45, 7) is 8.89. The first-order chi connectivity index (χ1) is 8.86. The van der Waals surface area contributed by atoms with Gasteiger partial charge in [-0.05, 0) is 36.8 Å². The molecule has 2 aliphatic rings. The Morgan fingerprint density at radius 1 is 1.16 bits per heavy atom. The van der Waals surface area contributed by atoms with Crippen LogP contribution < -0.4 is 0 Å². The molecule has 0 spiro atoms. The SMILES string of the molecule is Cc1ccc(/C=C2/C(=O)[C@@H]3CC[C@@]2(C)C3(C)C)cc1. The number of allylic oxidation sites excluding steroid dienone is 1. The van der Waals surface area contributed by atoms with Crippen molar-refractivity contribution in [1.82, 2.24) is 0 Å². The Labute approximate surface area is 115 Å². The van der Waals surface area contributed by atoms with Crippen molar-refractivity contribution in [2.24, 2.45) is 16.7 Å². The Kier molecular flexibility index (Phi) is 2.54. The maximum atomic E-state index is 12.6. The summed E-state index contributed by atoms with van der Waals surface area (Å²) < 4.78 is 0. The van der Waals surface area contributed by atoms with Gasteiger partial charge in [-0.25, -0.2) is 0 Å². The summed E-state index contributed by atoms with van der Waals surface area (Å²) in [6, 6.07) is 8.44. The fraction of sp³-hybridized carbons (Fsp3) is 0.500. The van der Waals surface area contributed by atoms with Crippen molar-refractivity contribution >= 4 is 11.9 Å². The van der Waals surface area contributed by atoms with Crippen LogP contribution in [0.2, 0.25) is 0 Å². The lowest BCUT2D eigenvalue weighted by Crippen LogP contribution is -2.27. The molecule has 0 unspecified atom stereocenters. The third-order valence-corrected chi connectivity index (χ3v) is 5.79. The Morgan fingerprint density at radius 3 is 2.32 bits per heavy atom. The Balaban J connectivity index is 2.07. The Hall–Kier alpha value is -1.37. The number of ketones is 1.